The number of anilines is 3. The van der Waals surface area contributed by atoms with Crippen molar-refractivity contribution in [3.63, 3.8) is 0 Å². The Hall–Kier alpha value is -4.88. The van der Waals surface area contributed by atoms with E-state index in [9.17, 15) is 0 Å². The molecule has 1 aliphatic carbocycles. The second kappa shape index (κ2) is 9.31. The summed E-state index contributed by atoms with van der Waals surface area (Å²) in [5, 5.41) is 7.93. The molecule has 0 saturated carbocycles. The van der Waals surface area contributed by atoms with Gasteiger partial charge in [0, 0.05) is 22.5 Å². The smallest absolute Gasteiger partial charge is 0.0490 e. The van der Waals surface area contributed by atoms with Gasteiger partial charge in [-0.2, -0.15) is 0 Å². The number of para-hydroxylation sites is 1. The van der Waals surface area contributed by atoms with Gasteiger partial charge in [0.05, 0.1) is 0 Å². The Bertz CT molecular complexity index is 2230. The summed E-state index contributed by atoms with van der Waals surface area (Å²) in [6.45, 7) is 11.4. The number of hydrogen-bond donors (Lipinski definition) is 0. The zero-order chi connectivity index (χ0) is 29.5. The van der Waals surface area contributed by atoms with E-state index in [1.165, 1.54) is 88.3 Å². The highest BCUT2D eigenvalue weighted by atomic mass is 15.1. The van der Waals surface area contributed by atoms with Crippen LogP contribution in [-0.2, 0) is 5.41 Å². The Morgan fingerprint density at radius 2 is 1.14 bits per heavy atom. The number of aryl methyl sites for hydroxylation is 3. The fourth-order valence-electron chi connectivity index (χ4n) is 7.67. The Morgan fingerprint density at radius 1 is 0.512 bits per heavy atom. The molecular formula is C42H35N. The maximum atomic E-state index is 2.47. The molecule has 0 radical (unpaired) electrons. The zero-order valence-electron chi connectivity index (χ0n) is 25.5. The van der Waals surface area contributed by atoms with E-state index in [0.29, 0.717) is 0 Å². The van der Waals surface area contributed by atoms with Crippen LogP contribution in [0.5, 0.6) is 0 Å². The third-order valence-electron chi connectivity index (χ3n) is 9.54. The molecule has 1 nitrogen and oxygen atoms in total. The van der Waals surface area contributed by atoms with E-state index in [1.54, 1.807) is 0 Å². The van der Waals surface area contributed by atoms with Crippen LogP contribution in [0.3, 0.4) is 0 Å². The quantitative estimate of drug-likeness (QED) is 0.197. The minimum absolute atomic E-state index is 0.123. The van der Waals surface area contributed by atoms with Crippen LogP contribution in [0.25, 0.3) is 43.4 Å². The molecule has 0 atom stereocenters. The molecule has 0 spiro atoms. The Balaban J connectivity index is 1.38. The van der Waals surface area contributed by atoms with Crippen LogP contribution < -0.4 is 4.90 Å². The molecule has 7 aromatic rings. The van der Waals surface area contributed by atoms with Crippen molar-refractivity contribution in [3.8, 4) is 11.1 Å². The fourth-order valence-corrected chi connectivity index (χ4v) is 7.67. The lowest BCUT2D eigenvalue weighted by molar-refractivity contribution is 0.667. The number of hydrogen-bond acceptors (Lipinski definition) is 1. The average Bonchev–Trinajstić information content (AvgIpc) is 3.23. The summed E-state index contributed by atoms with van der Waals surface area (Å²) in [4.78, 5) is 2.42. The van der Waals surface area contributed by atoms with E-state index in [4.69, 9.17) is 0 Å². The van der Waals surface area contributed by atoms with E-state index in [0.717, 1.165) is 0 Å². The standard InChI is InChI=1S/C42H35N/c1-26-20-27(2)22-32(21-26)43(39-17-11-6-12-28(39)3)31-19-18-29-24-37-38(25-30(29)23-31)42(4,5)41-36-16-10-8-14-34(36)33-13-7-9-15-35(33)40(37)41/h6-25H,1-5H3. The Labute approximate surface area is 254 Å². The molecule has 7 aromatic carbocycles. The topological polar surface area (TPSA) is 3.24 Å². The van der Waals surface area contributed by atoms with E-state index in [2.05, 4.69) is 161 Å². The molecule has 0 bridgehead atoms. The molecule has 0 heterocycles. The number of rotatable bonds is 3. The second-order valence-corrected chi connectivity index (χ2v) is 12.9. The summed E-state index contributed by atoms with van der Waals surface area (Å²) in [7, 11) is 0. The molecular weight excluding hydrogens is 518 g/mol. The summed E-state index contributed by atoms with van der Waals surface area (Å²) in [5.41, 5.74) is 12.9. The molecule has 0 fully saturated rings. The average molecular weight is 554 g/mol. The Morgan fingerprint density at radius 3 is 1.86 bits per heavy atom. The number of nitrogens with zero attached hydrogens (tertiary/aromatic N) is 1. The highest BCUT2D eigenvalue weighted by Crippen LogP contribution is 2.55. The molecule has 0 saturated heterocycles. The van der Waals surface area contributed by atoms with Crippen molar-refractivity contribution in [2.75, 3.05) is 4.90 Å². The van der Waals surface area contributed by atoms with Gasteiger partial charge >= 0.3 is 0 Å². The van der Waals surface area contributed by atoms with Gasteiger partial charge in [0.2, 0.25) is 0 Å². The Kier molecular flexibility index (Phi) is 5.59. The molecule has 0 N–H and O–H groups in total. The van der Waals surface area contributed by atoms with Crippen LogP contribution in [0.4, 0.5) is 17.1 Å². The summed E-state index contributed by atoms with van der Waals surface area (Å²) >= 11 is 0. The van der Waals surface area contributed by atoms with Crippen LogP contribution in [0.2, 0.25) is 0 Å². The van der Waals surface area contributed by atoms with Crippen LogP contribution in [0.1, 0.15) is 41.7 Å². The molecule has 0 amide bonds. The lowest BCUT2D eigenvalue weighted by Crippen LogP contribution is -2.15. The van der Waals surface area contributed by atoms with Gasteiger partial charge < -0.3 is 4.90 Å². The van der Waals surface area contributed by atoms with Gasteiger partial charge in [0.1, 0.15) is 0 Å². The molecule has 1 aliphatic rings. The summed E-state index contributed by atoms with van der Waals surface area (Å²) < 4.78 is 0. The minimum atomic E-state index is -0.123. The normalized spacial score (nSPS) is 13.4. The van der Waals surface area contributed by atoms with E-state index in [1.807, 2.05) is 0 Å². The lowest BCUT2D eigenvalue weighted by atomic mass is 9.79. The van der Waals surface area contributed by atoms with E-state index in [-0.39, 0.29) is 5.41 Å². The molecule has 208 valence electrons. The third-order valence-corrected chi connectivity index (χ3v) is 9.54. The van der Waals surface area contributed by atoms with Gasteiger partial charge in [0.25, 0.3) is 0 Å². The van der Waals surface area contributed by atoms with Gasteiger partial charge in [-0.3, -0.25) is 0 Å². The first-order chi connectivity index (χ1) is 20.8. The second-order valence-electron chi connectivity index (χ2n) is 12.9. The van der Waals surface area contributed by atoms with Crippen molar-refractivity contribution in [2.24, 2.45) is 0 Å². The predicted octanol–water partition coefficient (Wildman–Crippen LogP) is 11.8. The summed E-state index contributed by atoms with van der Waals surface area (Å²) in [6.07, 6.45) is 0. The minimum Gasteiger partial charge on any atom is -0.310 e. The SMILES string of the molecule is Cc1cc(C)cc(N(c2ccc3cc4c(cc3c2)C(C)(C)c2c-4c3ccccc3c3ccccc23)c2ccccc2C)c1. The van der Waals surface area contributed by atoms with Crippen LogP contribution in [-0.4, -0.2) is 0 Å². The molecule has 1 heteroatoms. The molecule has 0 unspecified atom stereocenters. The van der Waals surface area contributed by atoms with Crippen molar-refractivity contribution in [1.82, 2.24) is 0 Å². The van der Waals surface area contributed by atoms with Crippen molar-refractivity contribution in [3.05, 3.63) is 149 Å². The molecule has 8 rings (SSSR count). The first-order valence-corrected chi connectivity index (χ1v) is 15.3. The number of fused-ring (bicyclic) bond motifs is 9. The van der Waals surface area contributed by atoms with Crippen LogP contribution in [0, 0.1) is 20.8 Å². The van der Waals surface area contributed by atoms with Gasteiger partial charge in [-0.05, 0) is 134 Å². The van der Waals surface area contributed by atoms with Crippen LogP contribution in [0.15, 0.2) is 121 Å². The summed E-state index contributed by atoms with van der Waals surface area (Å²) in [5.74, 6) is 0. The summed E-state index contributed by atoms with van der Waals surface area (Å²) in [6, 6.07) is 45.3. The predicted molar refractivity (Wildman–Crippen MR) is 185 cm³/mol. The largest absolute Gasteiger partial charge is 0.310 e. The van der Waals surface area contributed by atoms with Gasteiger partial charge in [-0.25, -0.2) is 0 Å². The molecule has 43 heavy (non-hydrogen) atoms. The first kappa shape index (κ1) is 25.8. The van der Waals surface area contributed by atoms with Gasteiger partial charge in [-0.15, -0.1) is 0 Å². The first-order valence-electron chi connectivity index (χ1n) is 15.3. The highest BCUT2D eigenvalue weighted by molar-refractivity contribution is 6.19. The van der Waals surface area contributed by atoms with E-state index < -0.39 is 0 Å². The van der Waals surface area contributed by atoms with Crippen molar-refractivity contribution in [1.29, 1.82) is 0 Å². The third kappa shape index (κ3) is 3.85. The van der Waals surface area contributed by atoms with E-state index >= 15 is 0 Å². The monoisotopic (exact) mass is 553 g/mol. The lowest BCUT2D eigenvalue weighted by Gasteiger charge is -2.28. The maximum absolute atomic E-state index is 2.47. The highest BCUT2D eigenvalue weighted by Gasteiger charge is 2.38. The maximum Gasteiger partial charge on any atom is 0.0490 e. The van der Waals surface area contributed by atoms with Crippen molar-refractivity contribution < 1.29 is 0 Å². The fraction of sp³-hybridized carbons (Fsp3) is 0.143. The van der Waals surface area contributed by atoms with Crippen LogP contribution >= 0.6 is 0 Å². The van der Waals surface area contributed by atoms with Gasteiger partial charge in [0.15, 0.2) is 0 Å². The molecule has 0 aromatic heterocycles. The molecule has 0 aliphatic heterocycles. The van der Waals surface area contributed by atoms with Gasteiger partial charge in [-0.1, -0.05) is 92.7 Å². The zero-order valence-corrected chi connectivity index (χ0v) is 25.5. The van der Waals surface area contributed by atoms with Crippen molar-refractivity contribution >= 4 is 49.4 Å². The van der Waals surface area contributed by atoms with Crippen molar-refractivity contribution in [2.45, 2.75) is 40.0 Å². The number of benzene rings is 7.